The number of para-hydroxylation sites is 1. The second kappa shape index (κ2) is 8.67. The fraction of sp³-hybridized carbons (Fsp3) is 0.619. The van der Waals surface area contributed by atoms with Crippen molar-refractivity contribution in [1.82, 2.24) is 4.90 Å². The molecule has 142 valence electrons. The number of amides is 2. The number of benzene rings is 1. The molecule has 2 fully saturated rings. The molecule has 0 aromatic heterocycles. The summed E-state index contributed by atoms with van der Waals surface area (Å²) in [6.45, 7) is 6.94. The maximum Gasteiger partial charge on any atom is 0.227 e. The van der Waals surface area contributed by atoms with Crippen LogP contribution in [0.1, 0.15) is 51.0 Å². The Labute approximate surface area is 156 Å². The molecule has 1 saturated carbocycles. The monoisotopic (exact) mass is 358 g/mol. The minimum absolute atomic E-state index is 0.00366. The molecule has 1 aliphatic carbocycles. The molecular weight excluding hydrogens is 328 g/mol. The average Bonchev–Trinajstić information content (AvgIpc) is 2.68. The minimum Gasteiger partial charge on any atom is -0.378 e. The number of ether oxygens (including phenoxy) is 1. The summed E-state index contributed by atoms with van der Waals surface area (Å²) in [5.41, 5.74) is 2.08. The lowest BCUT2D eigenvalue weighted by Crippen LogP contribution is -2.44. The van der Waals surface area contributed by atoms with Crippen LogP contribution in [0.4, 0.5) is 5.69 Å². The lowest BCUT2D eigenvalue weighted by Gasteiger charge is -2.33. The predicted molar refractivity (Wildman–Crippen MR) is 102 cm³/mol. The van der Waals surface area contributed by atoms with Crippen LogP contribution in [-0.4, -0.2) is 43.0 Å². The number of carbonyl (C=O) groups excluding carboxylic acids is 2. The summed E-state index contributed by atoms with van der Waals surface area (Å²) in [4.78, 5) is 27.2. The van der Waals surface area contributed by atoms with Gasteiger partial charge in [0.2, 0.25) is 11.8 Å². The first-order valence-corrected chi connectivity index (χ1v) is 9.82. The fourth-order valence-corrected chi connectivity index (χ4v) is 3.99. The number of morpholine rings is 1. The Hall–Kier alpha value is -1.88. The Morgan fingerprint density at radius 1 is 1.04 bits per heavy atom. The third-order valence-corrected chi connectivity index (χ3v) is 5.61. The lowest BCUT2D eigenvalue weighted by molar-refractivity contribution is -0.141. The van der Waals surface area contributed by atoms with E-state index in [1.165, 1.54) is 0 Å². The standard InChI is InChI=1S/C21H30N2O3/c1-15(2)18-5-3-4-6-19(18)22-20(24)16-7-9-17(10-8-16)21(25)23-11-13-26-14-12-23/h3-6,15-17H,7-14H2,1-2H3,(H,22,24). The number of hydrogen-bond acceptors (Lipinski definition) is 3. The van der Waals surface area contributed by atoms with Gasteiger partial charge in [0.1, 0.15) is 0 Å². The summed E-state index contributed by atoms with van der Waals surface area (Å²) in [5, 5.41) is 3.12. The van der Waals surface area contributed by atoms with Crippen LogP contribution in [0.3, 0.4) is 0 Å². The van der Waals surface area contributed by atoms with Gasteiger partial charge in [-0.25, -0.2) is 0 Å². The number of carbonyl (C=O) groups is 2. The predicted octanol–water partition coefficient (Wildman–Crippen LogP) is 3.41. The molecule has 26 heavy (non-hydrogen) atoms. The van der Waals surface area contributed by atoms with Gasteiger partial charge in [-0.3, -0.25) is 9.59 Å². The van der Waals surface area contributed by atoms with Gasteiger partial charge in [0.25, 0.3) is 0 Å². The normalized spacial score (nSPS) is 23.7. The van der Waals surface area contributed by atoms with Crippen LogP contribution in [-0.2, 0) is 14.3 Å². The summed E-state index contributed by atoms with van der Waals surface area (Å²) in [7, 11) is 0. The quantitative estimate of drug-likeness (QED) is 0.897. The molecule has 0 atom stereocenters. The molecule has 1 saturated heterocycles. The topological polar surface area (TPSA) is 58.6 Å². The van der Waals surface area contributed by atoms with Gasteiger partial charge < -0.3 is 15.0 Å². The average molecular weight is 358 g/mol. The van der Waals surface area contributed by atoms with Crippen molar-refractivity contribution >= 4 is 17.5 Å². The van der Waals surface area contributed by atoms with Gasteiger partial charge >= 0.3 is 0 Å². The van der Waals surface area contributed by atoms with Gasteiger partial charge in [-0.1, -0.05) is 32.0 Å². The molecule has 1 aliphatic heterocycles. The van der Waals surface area contributed by atoms with Gasteiger partial charge in [-0.05, 0) is 43.2 Å². The minimum atomic E-state index is 0.00366. The molecule has 1 N–H and O–H groups in total. The second-order valence-electron chi connectivity index (χ2n) is 7.72. The van der Waals surface area contributed by atoms with Gasteiger partial charge in [-0.2, -0.15) is 0 Å². The first kappa shape index (κ1) is 18.9. The van der Waals surface area contributed by atoms with E-state index >= 15 is 0 Å². The zero-order chi connectivity index (χ0) is 18.5. The Morgan fingerprint density at radius 3 is 2.31 bits per heavy atom. The fourth-order valence-electron chi connectivity index (χ4n) is 3.99. The van der Waals surface area contributed by atoms with Gasteiger partial charge in [0.05, 0.1) is 13.2 Å². The smallest absolute Gasteiger partial charge is 0.227 e. The summed E-state index contributed by atoms with van der Waals surface area (Å²) in [5.74, 6) is 0.783. The molecule has 1 aromatic carbocycles. The van der Waals surface area contributed by atoms with Crippen molar-refractivity contribution in [3.8, 4) is 0 Å². The summed E-state index contributed by atoms with van der Waals surface area (Å²) in [6.07, 6.45) is 3.19. The molecule has 0 bridgehead atoms. The van der Waals surface area contributed by atoms with E-state index < -0.39 is 0 Å². The third kappa shape index (κ3) is 4.44. The highest BCUT2D eigenvalue weighted by atomic mass is 16.5. The molecular formula is C21H30N2O3. The molecule has 5 nitrogen and oxygen atoms in total. The van der Waals surface area contributed by atoms with E-state index in [1.807, 2.05) is 23.1 Å². The molecule has 1 heterocycles. The van der Waals surface area contributed by atoms with Gasteiger partial charge in [0.15, 0.2) is 0 Å². The first-order valence-electron chi connectivity index (χ1n) is 9.82. The molecule has 5 heteroatoms. The molecule has 0 spiro atoms. The highest BCUT2D eigenvalue weighted by Gasteiger charge is 2.32. The zero-order valence-electron chi connectivity index (χ0n) is 15.9. The van der Waals surface area contributed by atoms with Crippen LogP contribution < -0.4 is 5.32 Å². The highest BCUT2D eigenvalue weighted by molar-refractivity contribution is 5.93. The summed E-state index contributed by atoms with van der Waals surface area (Å²) in [6, 6.07) is 8.01. The van der Waals surface area contributed by atoms with E-state index in [0.29, 0.717) is 32.2 Å². The third-order valence-electron chi connectivity index (χ3n) is 5.61. The molecule has 0 radical (unpaired) electrons. The van der Waals surface area contributed by atoms with Crippen molar-refractivity contribution in [2.24, 2.45) is 11.8 Å². The first-order chi connectivity index (χ1) is 12.6. The van der Waals surface area contributed by atoms with E-state index in [2.05, 4.69) is 25.2 Å². The van der Waals surface area contributed by atoms with Gasteiger partial charge in [0, 0.05) is 30.6 Å². The maximum absolute atomic E-state index is 12.7. The van der Waals surface area contributed by atoms with Crippen LogP contribution >= 0.6 is 0 Å². The Kier molecular flexibility index (Phi) is 6.30. The van der Waals surface area contributed by atoms with Crippen LogP contribution in [0.5, 0.6) is 0 Å². The number of nitrogens with zero attached hydrogens (tertiary/aromatic N) is 1. The number of hydrogen-bond donors (Lipinski definition) is 1. The Bertz CT molecular complexity index is 630. The summed E-state index contributed by atoms with van der Waals surface area (Å²) < 4.78 is 5.32. The maximum atomic E-state index is 12.7. The highest BCUT2D eigenvalue weighted by Crippen LogP contribution is 2.32. The molecule has 2 aliphatic rings. The van der Waals surface area contributed by atoms with Crippen molar-refractivity contribution in [2.75, 3.05) is 31.6 Å². The largest absolute Gasteiger partial charge is 0.378 e. The number of anilines is 1. The van der Waals surface area contributed by atoms with Gasteiger partial charge in [-0.15, -0.1) is 0 Å². The Morgan fingerprint density at radius 2 is 1.65 bits per heavy atom. The van der Waals surface area contributed by atoms with E-state index in [9.17, 15) is 9.59 Å². The van der Waals surface area contributed by atoms with Crippen LogP contribution in [0, 0.1) is 11.8 Å². The van der Waals surface area contributed by atoms with E-state index in [4.69, 9.17) is 4.74 Å². The van der Waals surface area contributed by atoms with Crippen LogP contribution in [0.2, 0.25) is 0 Å². The summed E-state index contributed by atoms with van der Waals surface area (Å²) >= 11 is 0. The molecule has 3 rings (SSSR count). The Balaban J connectivity index is 1.53. The van der Waals surface area contributed by atoms with Crippen LogP contribution in [0.25, 0.3) is 0 Å². The molecule has 1 aromatic rings. The van der Waals surface area contributed by atoms with Crippen molar-refractivity contribution in [1.29, 1.82) is 0 Å². The van der Waals surface area contributed by atoms with Crippen molar-refractivity contribution in [3.63, 3.8) is 0 Å². The van der Waals surface area contributed by atoms with E-state index in [1.54, 1.807) is 0 Å². The lowest BCUT2D eigenvalue weighted by atomic mass is 9.80. The number of nitrogens with one attached hydrogen (secondary N) is 1. The molecule has 0 unspecified atom stereocenters. The van der Waals surface area contributed by atoms with Crippen molar-refractivity contribution < 1.29 is 14.3 Å². The zero-order valence-corrected chi connectivity index (χ0v) is 15.9. The number of rotatable bonds is 4. The second-order valence-corrected chi connectivity index (χ2v) is 7.72. The van der Waals surface area contributed by atoms with Crippen LogP contribution in [0.15, 0.2) is 24.3 Å². The van der Waals surface area contributed by atoms with Crippen molar-refractivity contribution in [2.45, 2.75) is 45.4 Å². The van der Waals surface area contributed by atoms with Crippen molar-refractivity contribution in [3.05, 3.63) is 29.8 Å². The molecule has 2 amide bonds. The SMILES string of the molecule is CC(C)c1ccccc1NC(=O)C1CCC(C(=O)N2CCOCC2)CC1. The van der Waals surface area contributed by atoms with E-state index in [-0.39, 0.29) is 23.7 Å². The van der Waals surface area contributed by atoms with E-state index in [0.717, 1.165) is 36.9 Å².